The molecule has 0 aromatic heterocycles. The third kappa shape index (κ3) is 11.2. The topological polar surface area (TPSA) is 32.8 Å². The minimum atomic E-state index is -0.0479. The van der Waals surface area contributed by atoms with Gasteiger partial charge < -0.3 is 14.5 Å². The standard InChI is InChI=1S/C47H72N2O2/c1-7-9-10-11-12-14-17-20-27-37-48-41-32-25-23-30-39(41)46(3,4)43(48)34-29-35-44-47(5,6)40-31-24-26-33-42(40)49(44)38-28-21-18-15-13-16-19-22-36-45(50)51-8-2/h23-26,29-35,44H,7-22,27-28,36-38H2,1-6H3/b35-29+,43-34+. The lowest BCUT2D eigenvalue weighted by atomic mass is 9.80. The Morgan fingerprint density at radius 1 is 0.667 bits per heavy atom. The summed E-state index contributed by atoms with van der Waals surface area (Å²) in [7, 11) is 0. The highest BCUT2D eigenvalue weighted by atomic mass is 16.5. The van der Waals surface area contributed by atoms with Gasteiger partial charge >= 0.3 is 5.97 Å². The van der Waals surface area contributed by atoms with E-state index in [2.05, 4.69) is 111 Å². The monoisotopic (exact) mass is 697 g/mol. The maximum absolute atomic E-state index is 11.6. The summed E-state index contributed by atoms with van der Waals surface area (Å²) in [6.07, 6.45) is 29.7. The van der Waals surface area contributed by atoms with Gasteiger partial charge in [-0.1, -0.05) is 173 Å². The molecule has 4 nitrogen and oxygen atoms in total. The maximum atomic E-state index is 11.6. The number of para-hydroxylation sites is 2. The van der Waals surface area contributed by atoms with E-state index < -0.39 is 0 Å². The number of nitrogens with zero attached hydrogens (tertiary/aromatic N) is 2. The summed E-state index contributed by atoms with van der Waals surface area (Å²) < 4.78 is 5.05. The van der Waals surface area contributed by atoms with Gasteiger partial charge in [0.25, 0.3) is 0 Å². The molecule has 0 fully saturated rings. The average molecular weight is 697 g/mol. The third-order valence-electron chi connectivity index (χ3n) is 11.7. The number of hydrogen-bond acceptors (Lipinski definition) is 4. The highest BCUT2D eigenvalue weighted by molar-refractivity contribution is 5.71. The molecular weight excluding hydrogens is 625 g/mol. The molecule has 0 amide bonds. The van der Waals surface area contributed by atoms with Crippen molar-refractivity contribution in [3.05, 3.63) is 83.6 Å². The van der Waals surface area contributed by atoms with Gasteiger partial charge in [0.05, 0.1) is 12.6 Å². The van der Waals surface area contributed by atoms with Crippen LogP contribution in [0.4, 0.5) is 11.4 Å². The molecule has 2 aliphatic rings. The predicted octanol–water partition coefficient (Wildman–Crippen LogP) is 13.0. The fourth-order valence-electron chi connectivity index (χ4n) is 8.63. The van der Waals surface area contributed by atoms with Crippen molar-refractivity contribution in [2.45, 2.75) is 174 Å². The van der Waals surface area contributed by atoms with Crippen LogP contribution < -0.4 is 9.80 Å². The number of fused-ring (bicyclic) bond motifs is 2. The van der Waals surface area contributed by atoms with Crippen LogP contribution in [0.25, 0.3) is 0 Å². The second-order valence-corrected chi connectivity index (χ2v) is 16.3. The highest BCUT2D eigenvalue weighted by Crippen LogP contribution is 2.48. The van der Waals surface area contributed by atoms with Crippen LogP contribution in [0, 0.1) is 0 Å². The van der Waals surface area contributed by atoms with Crippen molar-refractivity contribution in [3.8, 4) is 0 Å². The lowest BCUT2D eigenvalue weighted by molar-refractivity contribution is -0.143. The van der Waals surface area contributed by atoms with Gasteiger partial charge in [0, 0.05) is 47.4 Å². The van der Waals surface area contributed by atoms with E-state index in [-0.39, 0.29) is 16.8 Å². The summed E-state index contributed by atoms with van der Waals surface area (Å²) in [5.74, 6) is -0.0479. The minimum Gasteiger partial charge on any atom is -0.466 e. The molecule has 282 valence electrons. The number of rotatable bonds is 24. The van der Waals surface area contributed by atoms with Crippen molar-refractivity contribution in [3.63, 3.8) is 0 Å². The molecule has 0 bridgehead atoms. The van der Waals surface area contributed by atoms with Crippen LogP contribution in [0.2, 0.25) is 0 Å². The normalized spacial score (nSPS) is 18.2. The van der Waals surface area contributed by atoms with Crippen LogP contribution in [0.5, 0.6) is 0 Å². The van der Waals surface area contributed by atoms with E-state index in [1.54, 1.807) is 0 Å². The Morgan fingerprint density at radius 2 is 1.20 bits per heavy atom. The van der Waals surface area contributed by atoms with Crippen molar-refractivity contribution in [2.75, 3.05) is 29.5 Å². The van der Waals surface area contributed by atoms with E-state index in [0.717, 1.165) is 25.9 Å². The first-order valence-corrected chi connectivity index (χ1v) is 21.0. The number of unbranched alkanes of at least 4 members (excludes halogenated alkanes) is 15. The molecule has 0 saturated heterocycles. The summed E-state index contributed by atoms with van der Waals surface area (Å²) >= 11 is 0. The Bertz CT molecular complexity index is 1390. The lowest BCUT2D eigenvalue weighted by Crippen LogP contribution is -2.40. The zero-order chi connectivity index (χ0) is 36.5. The van der Waals surface area contributed by atoms with Crippen LogP contribution >= 0.6 is 0 Å². The van der Waals surface area contributed by atoms with Gasteiger partial charge in [-0.15, -0.1) is 0 Å². The number of esters is 1. The Kier molecular flexibility index (Phi) is 16.7. The van der Waals surface area contributed by atoms with Crippen LogP contribution in [0.1, 0.15) is 168 Å². The highest BCUT2D eigenvalue weighted by Gasteiger charge is 2.43. The smallest absolute Gasteiger partial charge is 0.305 e. The fourth-order valence-corrected chi connectivity index (χ4v) is 8.63. The van der Waals surface area contributed by atoms with E-state index in [0.29, 0.717) is 19.1 Å². The maximum Gasteiger partial charge on any atom is 0.305 e. The minimum absolute atomic E-state index is 0.0189. The molecule has 0 aliphatic carbocycles. The molecule has 2 aliphatic heterocycles. The van der Waals surface area contributed by atoms with E-state index in [1.807, 2.05) is 6.92 Å². The fraction of sp³-hybridized carbons (Fsp3) is 0.638. The molecule has 0 spiro atoms. The number of allylic oxidation sites excluding steroid dienone is 3. The molecular formula is C47H72N2O2. The first-order valence-electron chi connectivity index (χ1n) is 21.0. The van der Waals surface area contributed by atoms with Crippen molar-refractivity contribution in [1.29, 1.82) is 0 Å². The van der Waals surface area contributed by atoms with Gasteiger partial charge in [-0.25, -0.2) is 0 Å². The van der Waals surface area contributed by atoms with Gasteiger partial charge in [0.2, 0.25) is 0 Å². The van der Waals surface area contributed by atoms with Crippen molar-refractivity contribution >= 4 is 17.3 Å². The lowest BCUT2D eigenvalue weighted by Gasteiger charge is -2.32. The summed E-state index contributed by atoms with van der Waals surface area (Å²) in [4.78, 5) is 16.9. The molecule has 0 radical (unpaired) electrons. The van der Waals surface area contributed by atoms with E-state index in [4.69, 9.17) is 4.74 Å². The van der Waals surface area contributed by atoms with Crippen LogP contribution in [-0.4, -0.2) is 31.7 Å². The molecule has 2 aromatic rings. The zero-order valence-corrected chi connectivity index (χ0v) is 33.5. The number of carbonyl (C=O) groups is 1. The van der Waals surface area contributed by atoms with Crippen LogP contribution in [-0.2, 0) is 20.4 Å². The zero-order valence-electron chi connectivity index (χ0n) is 33.5. The first kappa shape index (κ1) is 40.8. The predicted molar refractivity (Wildman–Crippen MR) is 220 cm³/mol. The molecule has 2 aromatic carbocycles. The Labute approximate surface area is 313 Å². The SMILES string of the molecule is CCCCCCCCCCCN1/C(=C/C=C/C2N(CCCCCCCCCCC(=O)OCC)c3ccccc3C2(C)C)C(C)(C)c2ccccc21. The first-order chi connectivity index (χ1) is 24.7. The number of carbonyl (C=O) groups excluding carboxylic acids is 1. The van der Waals surface area contributed by atoms with Crippen molar-refractivity contribution in [2.24, 2.45) is 0 Å². The molecule has 51 heavy (non-hydrogen) atoms. The van der Waals surface area contributed by atoms with E-state index in [9.17, 15) is 4.79 Å². The van der Waals surface area contributed by atoms with E-state index >= 15 is 0 Å². The van der Waals surface area contributed by atoms with Gasteiger partial charge in [-0.3, -0.25) is 4.79 Å². The second-order valence-electron chi connectivity index (χ2n) is 16.3. The number of hydrogen-bond donors (Lipinski definition) is 0. The Balaban J connectivity index is 1.35. The third-order valence-corrected chi connectivity index (χ3v) is 11.7. The summed E-state index contributed by atoms with van der Waals surface area (Å²) in [5, 5.41) is 0. The van der Waals surface area contributed by atoms with Crippen LogP contribution in [0.15, 0.2) is 72.5 Å². The molecule has 0 saturated carbocycles. The second kappa shape index (κ2) is 20.9. The van der Waals surface area contributed by atoms with Gasteiger partial charge in [0.1, 0.15) is 0 Å². The van der Waals surface area contributed by atoms with Gasteiger partial charge in [-0.05, 0) is 55.5 Å². The van der Waals surface area contributed by atoms with Gasteiger partial charge in [-0.2, -0.15) is 0 Å². The number of benzene rings is 2. The molecule has 4 rings (SSSR count). The Hall–Kier alpha value is -3.01. The molecule has 1 atom stereocenters. The van der Waals surface area contributed by atoms with Crippen LogP contribution in [0.3, 0.4) is 0 Å². The summed E-state index contributed by atoms with van der Waals surface area (Å²) in [5.41, 5.74) is 7.18. The molecule has 0 N–H and O–H groups in total. The quantitative estimate of drug-likeness (QED) is 0.0808. The van der Waals surface area contributed by atoms with Crippen molar-refractivity contribution < 1.29 is 9.53 Å². The molecule has 1 unspecified atom stereocenters. The van der Waals surface area contributed by atoms with Crippen molar-refractivity contribution in [1.82, 2.24) is 0 Å². The average Bonchev–Trinajstić information content (AvgIpc) is 3.47. The number of anilines is 2. The molecule has 2 heterocycles. The molecule has 4 heteroatoms. The summed E-state index contributed by atoms with van der Waals surface area (Å²) in [6, 6.07) is 18.5. The van der Waals surface area contributed by atoms with E-state index in [1.165, 1.54) is 125 Å². The van der Waals surface area contributed by atoms with Gasteiger partial charge in [0.15, 0.2) is 0 Å². The number of ether oxygens (including phenoxy) is 1. The summed E-state index contributed by atoms with van der Waals surface area (Å²) in [6.45, 7) is 16.5. The Morgan fingerprint density at radius 3 is 1.82 bits per heavy atom. The largest absolute Gasteiger partial charge is 0.466 e.